The van der Waals surface area contributed by atoms with Crippen LogP contribution in [-0.2, 0) is 0 Å². The van der Waals surface area contributed by atoms with Crippen LogP contribution in [0.25, 0.3) is 0 Å². The standard InChI is InChI=1S/C20H21ClO5/c1-12-9-16(10-13(2)19(12)21)25-7-4-8-26-18-6-5-15(14(3)22)11-17(18)20(23)24/h5-6,9-11H,4,7-8H2,1-3H3,(H,23,24). The summed E-state index contributed by atoms with van der Waals surface area (Å²) in [6.07, 6.45) is 0.578. The van der Waals surface area contributed by atoms with Crippen LogP contribution in [0.2, 0.25) is 5.02 Å². The van der Waals surface area contributed by atoms with Crippen LogP contribution in [0.4, 0.5) is 0 Å². The molecular weight excluding hydrogens is 356 g/mol. The summed E-state index contributed by atoms with van der Waals surface area (Å²) in [6.45, 7) is 5.95. The molecule has 2 rings (SSSR count). The van der Waals surface area contributed by atoms with Gasteiger partial charge in [0.25, 0.3) is 0 Å². The van der Waals surface area contributed by atoms with Crippen molar-refractivity contribution in [3.8, 4) is 11.5 Å². The van der Waals surface area contributed by atoms with Gasteiger partial charge in [-0.05, 0) is 62.2 Å². The fourth-order valence-corrected chi connectivity index (χ4v) is 2.57. The molecule has 0 radical (unpaired) electrons. The highest BCUT2D eigenvalue weighted by atomic mass is 35.5. The molecule has 0 aliphatic heterocycles. The van der Waals surface area contributed by atoms with Gasteiger partial charge < -0.3 is 14.6 Å². The van der Waals surface area contributed by atoms with E-state index < -0.39 is 5.97 Å². The number of Topliss-reactive ketones (excluding diaryl/α,β-unsaturated/α-hetero) is 1. The minimum absolute atomic E-state index is 0.0254. The number of aryl methyl sites for hydroxylation is 2. The van der Waals surface area contributed by atoms with E-state index in [1.165, 1.54) is 19.1 Å². The summed E-state index contributed by atoms with van der Waals surface area (Å²) in [6, 6.07) is 8.14. The lowest BCUT2D eigenvalue weighted by atomic mass is 10.1. The van der Waals surface area contributed by atoms with E-state index in [9.17, 15) is 14.7 Å². The number of benzene rings is 2. The number of hydrogen-bond acceptors (Lipinski definition) is 4. The summed E-state index contributed by atoms with van der Waals surface area (Å²) < 4.78 is 11.2. The van der Waals surface area contributed by atoms with Gasteiger partial charge in [-0.1, -0.05) is 11.6 Å². The van der Waals surface area contributed by atoms with Gasteiger partial charge in [-0.3, -0.25) is 4.79 Å². The number of aromatic carboxylic acids is 1. The Kier molecular flexibility index (Phi) is 6.64. The van der Waals surface area contributed by atoms with E-state index in [0.717, 1.165) is 21.9 Å². The van der Waals surface area contributed by atoms with E-state index in [0.29, 0.717) is 25.2 Å². The maximum Gasteiger partial charge on any atom is 0.339 e. The molecule has 138 valence electrons. The maximum absolute atomic E-state index is 11.4. The Morgan fingerprint density at radius 1 is 1.04 bits per heavy atom. The largest absolute Gasteiger partial charge is 0.493 e. The van der Waals surface area contributed by atoms with Crippen LogP contribution in [0, 0.1) is 13.8 Å². The Bertz CT molecular complexity index is 806. The lowest BCUT2D eigenvalue weighted by molar-refractivity contribution is 0.0692. The van der Waals surface area contributed by atoms with Crippen LogP contribution in [0.3, 0.4) is 0 Å². The second-order valence-electron chi connectivity index (χ2n) is 5.99. The van der Waals surface area contributed by atoms with Crippen molar-refractivity contribution in [3.63, 3.8) is 0 Å². The summed E-state index contributed by atoms with van der Waals surface area (Å²) in [5, 5.41) is 10.0. The zero-order valence-electron chi connectivity index (χ0n) is 15.0. The zero-order valence-corrected chi connectivity index (χ0v) is 15.7. The van der Waals surface area contributed by atoms with Crippen molar-refractivity contribution in [2.45, 2.75) is 27.2 Å². The van der Waals surface area contributed by atoms with Crippen molar-refractivity contribution in [1.82, 2.24) is 0 Å². The minimum atomic E-state index is -1.13. The number of carboxylic acids is 1. The monoisotopic (exact) mass is 376 g/mol. The van der Waals surface area contributed by atoms with E-state index in [4.69, 9.17) is 21.1 Å². The molecule has 0 unspecified atom stereocenters. The molecule has 6 heteroatoms. The molecule has 0 bridgehead atoms. The molecule has 0 spiro atoms. The van der Waals surface area contributed by atoms with Crippen LogP contribution >= 0.6 is 11.6 Å². The van der Waals surface area contributed by atoms with Gasteiger partial charge in [0.1, 0.15) is 17.1 Å². The third-order valence-corrected chi connectivity index (χ3v) is 4.44. The number of rotatable bonds is 8. The van der Waals surface area contributed by atoms with Crippen molar-refractivity contribution < 1.29 is 24.2 Å². The quantitative estimate of drug-likeness (QED) is 0.533. The highest BCUT2D eigenvalue weighted by Gasteiger charge is 2.14. The summed E-state index contributed by atoms with van der Waals surface area (Å²) in [5.41, 5.74) is 2.22. The maximum atomic E-state index is 11.4. The molecule has 1 N–H and O–H groups in total. The highest BCUT2D eigenvalue weighted by Crippen LogP contribution is 2.26. The first-order valence-electron chi connectivity index (χ1n) is 8.20. The lowest BCUT2D eigenvalue weighted by Gasteiger charge is -2.12. The van der Waals surface area contributed by atoms with Crippen molar-refractivity contribution in [1.29, 1.82) is 0 Å². The van der Waals surface area contributed by atoms with Crippen molar-refractivity contribution in [2.75, 3.05) is 13.2 Å². The molecule has 0 fully saturated rings. The molecule has 0 aliphatic carbocycles. The fourth-order valence-electron chi connectivity index (χ4n) is 2.46. The molecule has 0 saturated carbocycles. The molecule has 0 aromatic heterocycles. The van der Waals surface area contributed by atoms with Crippen molar-refractivity contribution in [3.05, 3.63) is 57.6 Å². The molecule has 2 aromatic carbocycles. The van der Waals surface area contributed by atoms with E-state index in [-0.39, 0.29) is 17.1 Å². The Labute approximate surface area is 157 Å². The Morgan fingerprint density at radius 3 is 2.23 bits per heavy atom. The second-order valence-corrected chi connectivity index (χ2v) is 6.37. The normalized spacial score (nSPS) is 10.5. The number of carbonyl (C=O) groups is 2. The second kappa shape index (κ2) is 8.72. The summed E-state index contributed by atoms with van der Waals surface area (Å²) >= 11 is 6.13. The molecule has 0 aliphatic rings. The third-order valence-electron chi connectivity index (χ3n) is 3.84. The highest BCUT2D eigenvalue weighted by molar-refractivity contribution is 6.32. The van der Waals surface area contributed by atoms with Gasteiger partial charge >= 0.3 is 5.97 Å². The number of ether oxygens (including phenoxy) is 2. The minimum Gasteiger partial charge on any atom is -0.493 e. The third kappa shape index (κ3) is 4.99. The summed E-state index contributed by atoms with van der Waals surface area (Å²) in [5.74, 6) is -0.352. The Morgan fingerprint density at radius 2 is 1.65 bits per heavy atom. The van der Waals surface area contributed by atoms with Crippen LogP contribution in [0.1, 0.15) is 45.2 Å². The van der Waals surface area contributed by atoms with Gasteiger partial charge in [-0.2, -0.15) is 0 Å². The van der Waals surface area contributed by atoms with E-state index in [2.05, 4.69) is 0 Å². The molecule has 0 atom stereocenters. The summed E-state index contributed by atoms with van der Waals surface area (Å²) in [7, 11) is 0. The summed E-state index contributed by atoms with van der Waals surface area (Å²) in [4.78, 5) is 22.7. The molecule has 5 nitrogen and oxygen atoms in total. The first kappa shape index (κ1) is 19.8. The van der Waals surface area contributed by atoms with Crippen molar-refractivity contribution >= 4 is 23.4 Å². The predicted octanol–water partition coefficient (Wildman–Crippen LogP) is 4.71. The number of halogens is 1. The average molecular weight is 377 g/mol. The zero-order chi connectivity index (χ0) is 19.3. The smallest absolute Gasteiger partial charge is 0.339 e. The molecule has 0 heterocycles. The molecular formula is C20H21ClO5. The Hall–Kier alpha value is -2.53. The SMILES string of the molecule is CC(=O)c1ccc(OCCCOc2cc(C)c(Cl)c(C)c2)c(C(=O)O)c1. The van der Waals surface area contributed by atoms with E-state index in [1.54, 1.807) is 6.07 Å². The topological polar surface area (TPSA) is 72.8 Å². The number of hydrogen-bond donors (Lipinski definition) is 1. The number of carboxylic acid groups (broad SMARTS) is 1. The van der Waals surface area contributed by atoms with Gasteiger partial charge in [0.15, 0.2) is 5.78 Å². The van der Waals surface area contributed by atoms with E-state index >= 15 is 0 Å². The van der Waals surface area contributed by atoms with Gasteiger partial charge in [0, 0.05) is 17.0 Å². The van der Waals surface area contributed by atoms with Crippen molar-refractivity contribution in [2.24, 2.45) is 0 Å². The number of ketones is 1. The van der Waals surface area contributed by atoms with Gasteiger partial charge in [-0.15, -0.1) is 0 Å². The van der Waals surface area contributed by atoms with E-state index in [1.807, 2.05) is 26.0 Å². The number of carbonyl (C=O) groups excluding carboxylic acids is 1. The van der Waals surface area contributed by atoms with Gasteiger partial charge in [0.2, 0.25) is 0 Å². The predicted molar refractivity (Wildman–Crippen MR) is 99.9 cm³/mol. The first-order chi connectivity index (χ1) is 12.3. The molecule has 0 saturated heterocycles. The van der Waals surface area contributed by atoms with Crippen LogP contribution in [0.5, 0.6) is 11.5 Å². The van der Waals surface area contributed by atoms with Crippen LogP contribution in [0.15, 0.2) is 30.3 Å². The Balaban J connectivity index is 1.90. The average Bonchev–Trinajstić information content (AvgIpc) is 2.59. The van der Waals surface area contributed by atoms with Gasteiger partial charge in [-0.25, -0.2) is 4.79 Å². The van der Waals surface area contributed by atoms with Crippen LogP contribution < -0.4 is 9.47 Å². The van der Waals surface area contributed by atoms with Gasteiger partial charge in [0.05, 0.1) is 13.2 Å². The molecule has 0 amide bonds. The first-order valence-corrected chi connectivity index (χ1v) is 8.58. The molecule has 26 heavy (non-hydrogen) atoms. The fraction of sp³-hybridized carbons (Fsp3) is 0.300. The molecule has 2 aromatic rings. The lowest BCUT2D eigenvalue weighted by Crippen LogP contribution is -2.09. The van der Waals surface area contributed by atoms with Crippen LogP contribution in [-0.4, -0.2) is 30.1 Å².